The zero-order chi connectivity index (χ0) is 25.0. The van der Waals surface area contributed by atoms with Crippen molar-refractivity contribution >= 4 is 15.9 Å². The molecular formula is C31H20BrN5. The first-order chi connectivity index (χ1) is 18.2. The summed E-state index contributed by atoms with van der Waals surface area (Å²) in [6.07, 6.45) is 7.12. The van der Waals surface area contributed by atoms with Crippen LogP contribution in [0.1, 0.15) is 0 Å². The lowest BCUT2D eigenvalue weighted by Gasteiger charge is -2.10. The number of hydrogen-bond acceptors (Lipinski definition) is 5. The largest absolute Gasteiger partial charge is 0.264 e. The summed E-state index contributed by atoms with van der Waals surface area (Å²) >= 11 is 3.66. The molecule has 0 saturated carbocycles. The molecule has 0 fully saturated rings. The van der Waals surface area contributed by atoms with E-state index in [0.717, 1.165) is 37.9 Å². The summed E-state index contributed by atoms with van der Waals surface area (Å²) in [5.41, 5.74) is 6.96. The Morgan fingerprint density at radius 3 is 1.57 bits per heavy atom. The molecule has 0 aliphatic rings. The van der Waals surface area contributed by atoms with Crippen LogP contribution in [0.3, 0.4) is 0 Å². The predicted octanol–water partition coefficient (Wildman–Crippen LogP) is 7.76. The summed E-state index contributed by atoms with van der Waals surface area (Å²) in [5.74, 6) is 1.76. The number of benzene rings is 3. The Kier molecular flexibility index (Phi) is 6.31. The molecule has 0 aliphatic carbocycles. The highest BCUT2D eigenvalue weighted by atomic mass is 79.9. The number of pyridine rings is 2. The van der Waals surface area contributed by atoms with Gasteiger partial charge in [0.25, 0.3) is 0 Å². The first-order valence-corrected chi connectivity index (χ1v) is 12.6. The molecule has 0 atom stereocenters. The maximum Gasteiger partial charge on any atom is 0.165 e. The smallest absolute Gasteiger partial charge is 0.165 e. The van der Waals surface area contributed by atoms with Gasteiger partial charge in [0.1, 0.15) is 0 Å². The highest BCUT2D eigenvalue weighted by Gasteiger charge is 2.14. The summed E-state index contributed by atoms with van der Waals surface area (Å²) in [4.78, 5) is 23.1. The lowest BCUT2D eigenvalue weighted by atomic mass is 10.0. The monoisotopic (exact) mass is 541 g/mol. The Balaban J connectivity index is 1.47. The number of rotatable bonds is 5. The van der Waals surface area contributed by atoms with E-state index in [1.54, 1.807) is 18.6 Å². The molecule has 3 aromatic carbocycles. The zero-order valence-electron chi connectivity index (χ0n) is 19.7. The summed E-state index contributed by atoms with van der Waals surface area (Å²) in [6.45, 7) is 0. The van der Waals surface area contributed by atoms with E-state index in [4.69, 9.17) is 15.0 Å². The van der Waals surface area contributed by atoms with Crippen molar-refractivity contribution in [3.63, 3.8) is 0 Å². The quantitative estimate of drug-likeness (QED) is 0.223. The summed E-state index contributed by atoms with van der Waals surface area (Å²) in [7, 11) is 0. The van der Waals surface area contributed by atoms with E-state index in [0.29, 0.717) is 17.5 Å². The predicted molar refractivity (Wildman–Crippen MR) is 150 cm³/mol. The average Bonchev–Trinajstić information content (AvgIpc) is 2.98. The maximum atomic E-state index is 4.90. The van der Waals surface area contributed by atoms with Crippen molar-refractivity contribution in [1.29, 1.82) is 0 Å². The molecule has 0 amide bonds. The summed E-state index contributed by atoms with van der Waals surface area (Å²) < 4.78 is 0.931. The van der Waals surface area contributed by atoms with Gasteiger partial charge in [-0.3, -0.25) is 9.97 Å². The molecule has 0 bridgehead atoms. The van der Waals surface area contributed by atoms with E-state index in [9.17, 15) is 0 Å². The van der Waals surface area contributed by atoms with Gasteiger partial charge >= 0.3 is 0 Å². The number of aromatic nitrogens is 5. The highest BCUT2D eigenvalue weighted by Crippen LogP contribution is 2.31. The Labute approximate surface area is 223 Å². The highest BCUT2D eigenvalue weighted by molar-refractivity contribution is 9.10. The van der Waals surface area contributed by atoms with Gasteiger partial charge in [0.15, 0.2) is 17.5 Å². The van der Waals surface area contributed by atoms with Gasteiger partial charge in [0.05, 0.1) is 0 Å². The van der Waals surface area contributed by atoms with E-state index in [1.807, 2.05) is 54.7 Å². The van der Waals surface area contributed by atoms with E-state index >= 15 is 0 Å². The van der Waals surface area contributed by atoms with E-state index in [1.165, 1.54) is 5.56 Å². The van der Waals surface area contributed by atoms with Crippen LogP contribution < -0.4 is 0 Å². The molecule has 0 N–H and O–H groups in total. The third-order valence-electron chi connectivity index (χ3n) is 5.96. The molecule has 0 aliphatic heterocycles. The molecule has 3 heterocycles. The molecule has 3 aromatic heterocycles. The second-order valence-corrected chi connectivity index (χ2v) is 9.38. The number of hydrogen-bond donors (Lipinski definition) is 0. The number of nitrogens with zero attached hydrogens (tertiary/aromatic N) is 5. The molecule has 0 saturated heterocycles. The third-order valence-corrected chi connectivity index (χ3v) is 6.41. The Morgan fingerprint density at radius 1 is 0.405 bits per heavy atom. The van der Waals surface area contributed by atoms with Crippen molar-refractivity contribution in [1.82, 2.24) is 24.9 Å². The van der Waals surface area contributed by atoms with Gasteiger partial charge in [-0.2, -0.15) is 0 Å². The van der Waals surface area contributed by atoms with Gasteiger partial charge in [-0.1, -0.05) is 76.6 Å². The molecule has 6 rings (SSSR count). The molecule has 0 spiro atoms. The van der Waals surface area contributed by atoms with Gasteiger partial charge in [0.2, 0.25) is 0 Å². The molecule has 0 unspecified atom stereocenters. The van der Waals surface area contributed by atoms with Crippen LogP contribution in [0.25, 0.3) is 56.4 Å². The first-order valence-electron chi connectivity index (χ1n) is 11.8. The van der Waals surface area contributed by atoms with Crippen LogP contribution in [0.4, 0.5) is 0 Å². The molecular weight excluding hydrogens is 522 g/mol. The molecule has 37 heavy (non-hydrogen) atoms. The van der Waals surface area contributed by atoms with Crippen molar-refractivity contribution in [3.05, 3.63) is 126 Å². The standard InChI is InChI=1S/C31H20BrN5/c32-28-17-26(24-8-4-14-33-19-24)16-27(18-28)31-36-29(35-30(37-31)25-9-5-15-34-20-25)23-12-10-22(11-13-23)21-6-2-1-3-7-21/h1-20H. The molecule has 176 valence electrons. The second kappa shape index (κ2) is 10.2. The lowest BCUT2D eigenvalue weighted by Crippen LogP contribution is -2.00. The van der Waals surface area contributed by atoms with Gasteiger partial charge < -0.3 is 0 Å². The molecule has 0 radical (unpaired) electrons. The van der Waals surface area contributed by atoms with Gasteiger partial charge in [-0.15, -0.1) is 0 Å². The minimum Gasteiger partial charge on any atom is -0.264 e. The lowest BCUT2D eigenvalue weighted by molar-refractivity contribution is 1.07. The van der Waals surface area contributed by atoms with Gasteiger partial charge in [0, 0.05) is 51.5 Å². The van der Waals surface area contributed by atoms with Crippen molar-refractivity contribution in [3.8, 4) is 56.4 Å². The second-order valence-electron chi connectivity index (χ2n) is 8.46. The zero-order valence-corrected chi connectivity index (χ0v) is 21.2. The maximum absolute atomic E-state index is 4.90. The minimum atomic E-state index is 0.572. The third kappa shape index (κ3) is 5.06. The van der Waals surface area contributed by atoms with Crippen LogP contribution in [0.5, 0.6) is 0 Å². The average molecular weight is 542 g/mol. The van der Waals surface area contributed by atoms with Gasteiger partial charge in [-0.25, -0.2) is 15.0 Å². The van der Waals surface area contributed by atoms with E-state index in [-0.39, 0.29) is 0 Å². The molecule has 6 heteroatoms. The van der Waals surface area contributed by atoms with Crippen LogP contribution in [-0.4, -0.2) is 24.9 Å². The fourth-order valence-electron chi connectivity index (χ4n) is 4.12. The van der Waals surface area contributed by atoms with Crippen LogP contribution in [0, 0.1) is 0 Å². The van der Waals surface area contributed by atoms with Crippen molar-refractivity contribution < 1.29 is 0 Å². The van der Waals surface area contributed by atoms with Crippen molar-refractivity contribution in [2.24, 2.45) is 0 Å². The molecule has 6 aromatic rings. The van der Waals surface area contributed by atoms with Gasteiger partial charge in [-0.05, 0) is 53.1 Å². The van der Waals surface area contributed by atoms with Crippen molar-refractivity contribution in [2.75, 3.05) is 0 Å². The fourth-order valence-corrected chi connectivity index (χ4v) is 4.61. The fraction of sp³-hybridized carbons (Fsp3) is 0. The van der Waals surface area contributed by atoms with E-state index in [2.05, 4.69) is 74.4 Å². The summed E-state index contributed by atoms with van der Waals surface area (Å²) in [6, 6.07) is 32.6. The van der Waals surface area contributed by atoms with Crippen LogP contribution in [0.2, 0.25) is 0 Å². The van der Waals surface area contributed by atoms with Crippen LogP contribution in [-0.2, 0) is 0 Å². The topological polar surface area (TPSA) is 64.5 Å². The van der Waals surface area contributed by atoms with Crippen molar-refractivity contribution in [2.45, 2.75) is 0 Å². The van der Waals surface area contributed by atoms with Crippen LogP contribution in [0.15, 0.2) is 126 Å². The number of halogens is 1. The van der Waals surface area contributed by atoms with Crippen LogP contribution >= 0.6 is 15.9 Å². The Hall–Kier alpha value is -4.55. The SMILES string of the molecule is Brc1cc(-c2cccnc2)cc(-c2nc(-c3ccc(-c4ccccc4)cc3)nc(-c3cccnc3)n2)c1. The Morgan fingerprint density at radius 2 is 0.919 bits per heavy atom. The molecule has 5 nitrogen and oxygen atoms in total. The first kappa shape index (κ1) is 22.9. The summed E-state index contributed by atoms with van der Waals surface area (Å²) in [5, 5.41) is 0. The normalized spacial score (nSPS) is 10.8. The minimum absolute atomic E-state index is 0.572. The Bertz CT molecular complexity index is 1660. The van der Waals surface area contributed by atoms with E-state index < -0.39 is 0 Å².